The molecule has 2 aromatic heterocycles. The Morgan fingerprint density at radius 2 is 2.47 bits per heavy atom. The van der Waals surface area contributed by atoms with E-state index in [4.69, 9.17) is 4.74 Å². The second kappa shape index (κ2) is 4.18. The van der Waals surface area contributed by atoms with Gasteiger partial charge in [-0.3, -0.25) is 0 Å². The van der Waals surface area contributed by atoms with Crippen molar-refractivity contribution in [3.05, 3.63) is 33.7 Å². The standard InChI is InChI=1S/C10H9IN2O2/c1-2-15-10(14)7-6-12-13-5-3-4-8(11)9(7)13/h3-6H,2H2,1H3. The molecule has 0 unspecified atom stereocenters. The van der Waals surface area contributed by atoms with Gasteiger partial charge < -0.3 is 4.74 Å². The molecule has 0 radical (unpaired) electrons. The van der Waals surface area contributed by atoms with E-state index in [-0.39, 0.29) is 5.97 Å². The lowest BCUT2D eigenvalue weighted by Crippen LogP contribution is -2.04. The van der Waals surface area contributed by atoms with Gasteiger partial charge in [-0.25, -0.2) is 9.31 Å². The summed E-state index contributed by atoms with van der Waals surface area (Å²) in [5.41, 5.74) is 1.32. The van der Waals surface area contributed by atoms with Crippen molar-refractivity contribution >= 4 is 34.1 Å². The maximum Gasteiger partial charge on any atom is 0.342 e. The van der Waals surface area contributed by atoms with Crippen LogP contribution in [0.1, 0.15) is 17.3 Å². The Morgan fingerprint density at radius 3 is 3.20 bits per heavy atom. The van der Waals surface area contributed by atoms with Crippen molar-refractivity contribution in [2.24, 2.45) is 0 Å². The normalized spacial score (nSPS) is 10.5. The number of nitrogens with zero attached hydrogens (tertiary/aromatic N) is 2. The van der Waals surface area contributed by atoms with Crippen LogP contribution in [0.4, 0.5) is 0 Å². The fourth-order valence-electron chi connectivity index (χ4n) is 1.36. The summed E-state index contributed by atoms with van der Waals surface area (Å²) in [6.45, 7) is 2.16. The van der Waals surface area contributed by atoms with Crippen LogP contribution in [0.2, 0.25) is 0 Å². The predicted molar refractivity (Wildman–Crippen MR) is 63.9 cm³/mol. The minimum atomic E-state index is -0.323. The summed E-state index contributed by atoms with van der Waals surface area (Å²) < 4.78 is 7.61. The van der Waals surface area contributed by atoms with E-state index in [1.54, 1.807) is 17.6 Å². The van der Waals surface area contributed by atoms with Crippen molar-refractivity contribution < 1.29 is 9.53 Å². The Kier molecular flexibility index (Phi) is 2.90. The number of carbonyl (C=O) groups excluding carboxylic acids is 1. The topological polar surface area (TPSA) is 43.6 Å². The molecule has 0 amide bonds. The second-order valence-corrected chi connectivity index (χ2v) is 4.09. The number of pyridine rings is 1. The van der Waals surface area contributed by atoms with Crippen LogP contribution in [0.5, 0.6) is 0 Å². The first kappa shape index (κ1) is 10.4. The Morgan fingerprint density at radius 1 is 1.67 bits per heavy atom. The third-order valence-electron chi connectivity index (χ3n) is 1.99. The Labute approximate surface area is 100 Å². The number of aromatic nitrogens is 2. The monoisotopic (exact) mass is 316 g/mol. The second-order valence-electron chi connectivity index (χ2n) is 2.93. The largest absolute Gasteiger partial charge is 0.462 e. The van der Waals surface area contributed by atoms with Gasteiger partial charge in [0.15, 0.2) is 0 Å². The SMILES string of the molecule is CCOC(=O)c1cnn2cccc(I)c12. The van der Waals surface area contributed by atoms with E-state index in [0.717, 1.165) is 9.09 Å². The molecule has 0 aliphatic carbocycles. The molecule has 0 saturated carbocycles. The van der Waals surface area contributed by atoms with Crippen LogP contribution in [-0.4, -0.2) is 22.2 Å². The molecular formula is C10H9IN2O2. The number of ether oxygens (including phenoxy) is 1. The summed E-state index contributed by atoms with van der Waals surface area (Å²) in [4.78, 5) is 11.6. The van der Waals surface area contributed by atoms with Crippen LogP contribution < -0.4 is 0 Å². The van der Waals surface area contributed by atoms with E-state index in [1.807, 2.05) is 12.1 Å². The van der Waals surface area contributed by atoms with Gasteiger partial charge in [0.2, 0.25) is 0 Å². The van der Waals surface area contributed by atoms with Crippen LogP contribution >= 0.6 is 22.6 Å². The molecule has 0 atom stereocenters. The van der Waals surface area contributed by atoms with E-state index >= 15 is 0 Å². The van der Waals surface area contributed by atoms with Crippen LogP contribution in [-0.2, 0) is 4.74 Å². The number of fused-ring (bicyclic) bond motifs is 1. The summed E-state index contributed by atoms with van der Waals surface area (Å²) in [7, 11) is 0. The number of hydrogen-bond donors (Lipinski definition) is 0. The Hall–Kier alpha value is -1.11. The van der Waals surface area contributed by atoms with Crippen LogP contribution in [0.25, 0.3) is 5.52 Å². The third kappa shape index (κ3) is 1.83. The number of esters is 1. The van der Waals surface area contributed by atoms with E-state index in [2.05, 4.69) is 27.7 Å². The zero-order valence-electron chi connectivity index (χ0n) is 8.11. The lowest BCUT2D eigenvalue weighted by molar-refractivity contribution is 0.0528. The third-order valence-corrected chi connectivity index (χ3v) is 2.86. The van der Waals surface area contributed by atoms with E-state index in [9.17, 15) is 4.79 Å². The van der Waals surface area contributed by atoms with E-state index in [1.165, 1.54) is 6.20 Å². The fourth-order valence-corrected chi connectivity index (χ4v) is 2.10. The summed E-state index contributed by atoms with van der Waals surface area (Å²) in [6, 6.07) is 3.82. The number of rotatable bonds is 2. The molecule has 0 fully saturated rings. The molecule has 2 aromatic rings. The molecule has 0 saturated heterocycles. The molecule has 0 aliphatic heterocycles. The molecule has 0 aliphatic rings. The average molecular weight is 316 g/mol. The molecule has 0 spiro atoms. The first-order chi connectivity index (χ1) is 7.24. The van der Waals surface area contributed by atoms with Gasteiger partial charge in [-0.1, -0.05) is 0 Å². The highest BCUT2D eigenvalue weighted by atomic mass is 127. The van der Waals surface area contributed by atoms with Crippen LogP contribution in [0, 0.1) is 3.57 Å². The smallest absolute Gasteiger partial charge is 0.342 e. The number of halogens is 1. The van der Waals surface area contributed by atoms with Gasteiger partial charge in [0.25, 0.3) is 0 Å². The lowest BCUT2D eigenvalue weighted by atomic mass is 10.3. The van der Waals surface area contributed by atoms with Gasteiger partial charge in [-0.15, -0.1) is 0 Å². The molecule has 2 heterocycles. The minimum absolute atomic E-state index is 0.323. The Bertz CT molecular complexity index is 507. The highest BCUT2D eigenvalue weighted by Gasteiger charge is 2.15. The first-order valence-electron chi connectivity index (χ1n) is 4.53. The molecule has 5 heteroatoms. The molecule has 0 N–H and O–H groups in total. The van der Waals surface area contributed by atoms with Gasteiger partial charge in [-0.05, 0) is 41.6 Å². The van der Waals surface area contributed by atoms with Crippen LogP contribution in [0.15, 0.2) is 24.5 Å². The fraction of sp³-hybridized carbons (Fsp3) is 0.200. The van der Waals surface area contributed by atoms with E-state index in [0.29, 0.717) is 12.2 Å². The average Bonchev–Trinajstić information content (AvgIpc) is 2.63. The van der Waals surface area contributed by atoms with Crippen molar-refractivity contribution in [1.29, 1.82) is 0 Å². The van der Waals surface area contributed by atoms with Gasteiger partial charge in [0, 0.05) is 9.77 Å². The van der Waals surface area contributed by atoms with Gasteiger partial charge >= 0.3 is 5.97 Å². The van der Waals surface area contributed by atoms with Crippen molar-refractivity contribution in [2.75, 3.05) is 6.61 Å². The summed E-state index contributed by atoms with van der Waals surface area (Å²) >= 11 is 2.17. The maximum atomic E-state index is 11.6. The Balaban J connectivity index is 2.57. The highest BCUT2D eigenvalue weighted by molar-refractivity contribution is 14.1. The molecular weight excluding hydrogens is 307 g/mol. The molecule has 2 rings (SSSR count). The highest BCUT2D eigenvalue weighted by Crippen LogP contribution is 2.18. The lowest BCUT2D eigenvalue weighted by Gasteiger charge is -2.00. The molecule has 0 bridgehead atoms. The zero-order valence-corrected chi connectivity index (χ0v) is 10.3. The number of carbonyl (C=O) groups is 1. The van der Waals surface area contributed by atoms with Crippen molar-refractivity contribution in [3.8, 4) is 0 Å². The summed E-state index contributed by atoms with van der Waals surface area (Å²) in [6.07, 6.45) is 3.34. The van der Waals surface area contributed by atoms with Crippen LogP contribution in [0.3, 0.4) is 0 Å². The maximum absolute atomic E-state index is 11.6. The summed E-state index contributed by atoms with van der Waals surface area (Å²) in [5, 5.41) is 4.09. The van der Waals surface area contributed by atoms with Gasteiger partial charge in [0.05, 0.1) is 18.3 Å². The predicted octanol–water partition coefficient (Wildman–Crippen LogP) is 2.12. The van der Waals surface area contributed by atoms with Crippen molar-refractivity contribution in [3.63, 3.8) is 0 Å². The summed E-state index contributed by atoms with van der Waals surface area (Å²) in [5.74, 6) is -0.323. The molecule has 0 aromatic carbocycles. The van der Waals surface area contributed by atoms with Gasteiger partial charge in [-0.2, -0.15) is 5.10 Å². The van der Waals surface area contributed by atoms with Crippen molar-refractivity contribution in [2.45, 2.75) is 6.92 Å². The molecule has 78 valence electrons. The first-order valence-corrected chi connectivity index (χ1v) is 5.61. The number of hydrogen-bond acceptors (Lipinski definition) is 3. The van der Waals surface area contributed by atoms with Gasteiger partial charge in [0.1, 0.15) is 5.56 Å². The molecule has 15 heavy (non-hydrogen) atoms. The van der Waals surface area contributed by atoms with E-state index < -0.39 is 0 Å². The molecule has 4 nitrogen and oxygen atoms in total. The quantitative estimate of drug-likeness (QED) is 0.630. The van der Waals surface area contributed by atoms with Crippen molar-refractivity contribution in [1.82, 2.24) is 9.61 Å². The zero-order chi connectivity index (χ0) is 10.8. The minimum Gasteiger partial charge on any atom is -0.462 e.